The van der Waals surface area contributed by atoms with Crippen LogP contribution in [0.25, 0.3) is 0 Å². The van der Waals surface area contributed by atoms with Crippen molar-refractivity contribution in [2.75, 3.05) is 49.1 Å². The lowest BCUT2D eigenvalue weighted by molar-refractivity contribution is -0.146. The van der Waals surface area contributed by atoms with Gasteiger partial charge in [-0.2, -0.15) is 0 Å². The van der Waals surface area contributed by atoms with Crippen LogP contribution in [0.5, 0.6) is 0 Å². The van der Waals surface area contributed by atoms with Crippen molar-refractivity contribution in [2.24, 2.45) is 17.8 Å². The van der Waals surface area contributed by atoms with Gasteiger partial charge in [-0.05, 0) is 63.3 Å². The number of likely N-dealkylation sites (tertiary alicyclic amines) is 1. The van der Waals surface area contributed by atoms with Crippen LogP contribution in [0.4, 0.5) is 11.4 Å². The number of thioether (sulfide) groups is 1. The fourth-order valence-corrected chi connectivity index (χ4v) is 9.78. The standard InChI is InChI=1S/C34H50N4O4S/c1-8-19-36(20-9-2)31(40)28-27-17-18-34(43-27)29(28)32(41)38(26(22-39)23(6)7)30(34)33(42)37(21-10-3)25-15-13-24(14-16-25)35(11-4)12-5/h8,10,13-16,23,26-30,39H,1,3,9,11-12,17-22H2,2,4-7H3/t26-,27+,28-,29-,30?,34?/m0/s1. The maximum absolute atomic E-state index is 14.9. The van der Waals surface area contributed by atoms with Gasteiger partial charge in [-0.25, -0.2) is 0 Å². The number of nitrogens with zero attached hydrogens (tertiary/aromatic N) is 4. The minimum atomic E-state index is -0.793. The number of aliphatic hydroxyl groups excluding tert-OH is 1. The number of amides is 3. The summed E-state index contributed by atoms with van der Waals surface area (Å²) in [5.74, 6) is -1.55. The molecule has 1 aromatic rings. The number of carbonyl (C=O) groups is 3. The second-order valence-electron chi connectivity index (χ2n) is 12.3. The van der Waals surface area contributed by atoms with E-state index in [1.165, 1.54) is 0 Å². The summed E-state index contributed by atoms with van der Waals surface area (Å²) in [6, 6.07) is 6.65. The molecule has 0 saturated carbocycles. The normalized spacial score (nSPS) is 26.4. The van der Waals surface area contributed by atoms with E-state index in [1.807, 2.05) is 49.9 Å². The van der Waals surface area contributed by atoms with Gasteiger partial charge in [0.25, 0.3) is 5.91 Å². The molecule has 1 aromatic carbocycles. The van der Waals surface area contributed by atoms with Crippen molar-refractivity contribution in [3.05, 3.63) is 49.6 Å². The Hall–Kier alpha value is -2.78. The van der Waals surface area contributed by atoms with E-state index in [0.29, 0.717) is 19.5 Å². The van der Waals surface area contributed by atoms with Crippen LogP contribution in [0.3, 0.4) is 0 Å². The van der Waals surface area contributed by atoms with Crippen molar-refractivity contribution in [2.45, 2.75) is 76.0 Å². The van der Waals surface area contributed by atoms with Gasteiger partial charge in [-0.15, -0.1) is 24.9 Å². The van der Waals surface area contributed by atoms with E-state index in [2.05, 4.69) is 31.9 Å². The third-order valence-electron chi connectivity index (χ3n) is 9.59. The highest BCUT2D eigenvalue weighted by Gasteiger charge is 2.74. The highest BCUT2D eigenvalue weighted by atomic mass is 32.2. The summed E-state index contributed by atoms with van der Waals surface area (Å²) in [5, 5.41) is 10.5. The van der Waals surface area contributed by atoms with Gasteiger partial charge in [0.2, 0.25) is 11.8 Å². The van der Waals surface area contributed by atoms with Crippen LogP contribution in [0.15, 0.2) is 49.6 Å². The zero-order chi connectivity index (χ0) is 31.5. The quantitative estimate of drug-likeness (QED) is 0.293. The first-order valence-corrected chi connectivity index (χ1v) is 16.8. The summed E-state index contributed by atoms with van der Waals surface area (Å²) in [6.07, 6.45) is 5.72. The summed E-state index contributed by atoms with van der Waals surface area (Å²) < 4.78 is -0.728. The Morgan fingerprint density at radius 1 is 1.07 bits per heavy atom. The predicted octanol–water partition coefficient (Wildman–Crippen LogP) is 4.58. The second kappa shape index (κ2) is 13.9. The van der Waals surface area contributed by atoms with Gasteiger partial charge < -0.3 is 24.7 Å². The molecule has 3 heterocycles. The number of fused-ring (bicyclic) bond motifs is 1. The smallest absolute Gasteiger partial charge is 0.251 e. The van der Waals surface area contributed by atoms with Gasteiger partial charge >= 0.3 is 0 Å². The molecule has 2 bridgehead atoms. The maximum Gasteiger partial charge on any atom is 0.251 e. The average Bonchev–Trinajstić information content (AvgIpc) is 3.64. The first-order valence-electron chi connectivity index (χ1n) is 15.9. The molecular weight excluding hydrogens is 560 g/mol. The van der Waals surface area contributed by atoms with Crippen molar-refractivity contribution in [1.82, 2.24) is 9.80 Å². The van der Waals surface area contributed by atoms with Gasteiger partial charge in [0, 0.05) is 49.3 Å². The van der Waals surface area contributed by atoms with Crippen molar-refractivity contribution in [3.8, 4) is 0 Å². The van der Waals surface area contributed by atoms with Crippen molar-refractivity contribution in [3.63, 3.8) is 0 Å². The maximum atomic E-state index is 14.9. The van der Waals surface area contributed by atoms with Crippen molar-refractivity contribution >= 4 is 40.9 Å². The van der Waals surface area contributed by atoms with Gasteiger partial charge in [0.15, 0.2) is 0 Å². The fourth-order valence-electron chi connectivity index (χ4n) is 7.59. The zero-order valence-electron chi connectivity index (χ0n) is 26.6. The topological polar surface area (TPSA) is 84.4 Å². The number of aliphatic hydroxyl groups is 1. The minimum absolute atomic E-state index is 0.0177. The summed E-state index contributed by atoms with van der Waals surface area (Å²) in [5.41, 5.74) is 1.82. The Morgan fingerprint density at radius 2 is 1.70 bits per heavy atom. The number of hydrogen-bond acceptors (Lipinski definition) is 6. The third-order valence-corrected chi connectivity index (χ3v) is 11.5. The lowest BCUT2D eigenvalue weighted by atomic mass is 9.70. The Balaban J connectivity index is 1.79. The second-order valence-corrected chi connectivity index (χ2v) is 13.9. The molecular formula is C34H50N4O4S. The van der Waals surface area contributed by atoms with E-state index in [0.717, 1.165) is 37.3 Å². The van der Waals surface area contributed by atoms with Crippen LogP contribution in [0.1, 0.15) is 53.9 Å². The van der Waals surface area contributed by atoms with E-state index in [-0.39, 0.29) is 42.0 Å². The first-order chi connectivity index (χ1) is 20.6. The first kappa shape index (κ1) is 33.1. The van der Waals surface area contributed by atoms with Crippen LogP contribution in [-0.2, 0) is 14.4 Å². The van der Waals surface area contributed by atoms with Crippen LogP contribution in [-0.4, -0.2) is 94.0 Å². The molecule has 3 fully saturated rings. The molecule has 6 atom stereocenters. The molecule has 0 radical (unpaired) electrons. The molecule has 3 aliphatic heterocycles. The van der Waals surface area contributed by atoms with Crippen LogP contribution < -0.4 is 9.80 Å². The number of hydrogen-bond donors (Lipinski definition) is 1. The number of benzene rings is 1. The fraction of sp³-hybridized carbons (Fsp3) is 0.618. The van der Waals surface area contributed by atoms with E-state index in [1.54, 1.807) is 33.7 Å². The number of rotatable bonds is 15. The van der Waals surface area contributed by atoms with Crippen molar-refractivity contribution < 1.29 is 19.5 Å². The summed E-state index contributed by atoms with van der Waals surface area (Å²) in [6.45, 7) is 20.8. The molecule has 43 heavy (non-hydrogen) atoms. The van der Waals surface area contributed by atoms with Gasteiger partial charge in [0.1, 0.15) is 6.04 Å². The molecule has 236 valence electrons. The highest BCUT2D eigenvalue weighted by Crippen LogP contribution is 2.67. The number of anilines is 2. The van der Waals surface area contributed by atoms with Crippen molar-refractivity contribution in [1.29, 1.82) is 0 Å². The largest absolute Gasteiger partial charge is 0.394 e. The Kier molecular flexibility index (Phi) is 10.7. The monoisotopic (exact) mass is 610 g/mol. The lowest BCUT2D eigenvalue weighted by Crippen LogP contribution is -2.58. The molecule has 2 unspecified atom stereocenters. The van der Waals surface area contributed by atoms with Gasteiger partial charge in [-0.3, -0.25) is 14.4 Å². The van der Waals surface area contributed by atoms with Gasteiger partial charge in [0.05, 0.1) is 29.2 Å². The summed E-state index contributed by atoms with van der Waals surface area (Å²) in [7, 11) is 0. The molecule has 9 heteroatoms. The molecule has 1 N–H and O–H groups in total. The minimum Gasteiger partial charge on any atom is -0.394 e. The molecule has 3 amide bonds. The molecule has 3 aliphatic rings. The van der Waals surface area contributed by atoms with Crippen LogP contribution in [0.2, 0.25) is 0 Å². The molecule has 8 nitrogen and oxygen atoms in total. The Morgan fingerprint density at radius 3 is 2.23 bits per heavy atom. The molecule has 1 spiro atoms. The van der Waals surface area contributed by atoms with E-state index in [9.17, 15) is 19.5 Å². The molecule has 0 aliphatic carbocycles. The van der Waals surface area contributed by atoms with Gasteiger partial charge in [-0.1, -0.05) is 32.9 Å². The average molecular weight is 611 g/mol. The molecule has 0 aromatic heterocycles. The number of carbonyl (C=O) groups excluding carboxylic acids is 3. The predicted molar refractivity (Wildman–Crippen MR) is 176 cm³/mol. The zero-order valence-corrected chi connectivity index (χ0v) is 27.4. The van der Waals surface area contributed by atoms with Crippen LogP contribution in [0, 0.1) is 17.8 Å². The summed E-state index contributed by atoms with van der Waals surface area (Å²) >= 11 is 1.67. The van der Waals surface area contributed by atoms with E-state index < -0.39 is 28.7 Å². The lowest BCUT2D eigenvalue weighted by Gasteiger charge is -2.40. The van der Waals surface area contributed by atoms with E-state index in [4.69, 9.17) is 0 Å². The highest BCUT2D eigenvalue weighted by molar-refractivity contribution is 8.02. The Bertz CT molecular complexity index is 1190. The molecule has 4 rings (SSSR count). The van der Waals surface area contributed by atoms with E-state index >= 15 is 0 Å². The van der Waals surface area contributed by atoms with Crippen LogP contribution >= 0.6 is 11.8 Å². The third kappa shape index (κ3) is 5.75. The SMILES string of the molecule is C=CCN(CCC)C(=O)[C@@H]1[C@H]2C(=O)N([C@@H](CO)C(C)C)C(C(=O)N(CC=C)c3ccc(N(CC)CC)cc3)C23CC[C@H]1S3. The molecule has 3 saturated heterocycles. The summed E-state index contributed by atoms with van der Waals surface area (Å²) in [4.78, 5) is 51.0. The Labute approximate surface area is 262 Å².